The molecule has 1 atom stereocenters. The second kappa shape index (κ2) is 4.81. The van der Waals surface area contributed by atoms with Crippen molar-refractivity contribution in [3.63, 3.8) is 0 Å². The summed E-state index contributed by atoms with van der Waals surface area (Å²) in [6.07, 6.45) is 6.47. The highest BCUT2D eigenvalue weighted by atomic mass is 16.7. The summed E-state index contributed by atoms with van der Waals surface area (Å²) in [7, 11) is 0. The Labute approximate surface area is 90.7 Å². The molecule has 1 unspecified atom stereocenters. The Balaban J connectivity index is 1.86. The van der Waals surface area contributed by atoms with Gasteiger partial charge in [-0.15, -0.1) is 0 Å². The monoisotopic (exact) mass is 210 g/mol. The van der Waals surface area contributed by atoms with E-state index in [0.717, 1.165) is 18.6 Å². The summed E-state index contributed by atoms with van der Waals surface area (Å²) in [5.41, 5.74) is 1.18. The lowest BCUT2D eigenvalue weighted by atomic mass is 10.1. The zero-order valence-corrected chi connectivity index (χ0v) is 9.36. The van der Waals surface area contributed by atoms with Crippen molar-refractivity contribution in [2.45, 2.75) is 39.1 Å². The van der Waals surface area contributed by atoms with Gasteiger partial charge in [-0.25, -0.2) is 0 Å². The van der Waals surface area contributed by atoms with E-state index in [4.69, 9.17) is 14.2 Å². The summed E-state index contributed by atoms with van der Waals surface area (Å²) in [5.74, 6) is 0.991. The molecule has 0 radical (unpaired) electrons. The number of ether oxygens (including phenoxy) is 3. The van der Waals surface area contributed by atoms with Crippen LogP contribution in [0, 0.1) is 0 Å². The predicted molar refractivity (Wildman–Crippen MR) is 57.3 cm³/mol. The minimum atomic E-state index is -0.242. The summed E-state index contributed by atoms with van der Waals surface area (Å²) in [4.78, 5) is 0. The molecule has 0 amide bonds. The fourth-order valence-corrected chi connectivity index (χ4v) is 1.67. The van der Waals surface area contributed by atoms with E-state index in [2.05, 4.69) is 12.2 Å². The molecule has 1 aliphatic heterocycles. The minimum absolute atomic E-state index is 0.217. The van der Waals surface area contributed by atoms with E-state index in [1.165, 1.54) is 5.57 Å². The Kier molecular flexibility index (Phi) is 3.44. The molecule has 0 spiro atoms. The third-order valence-electron chi connectivity index (χ3n) is 2.45. The average Bonchev–Trinajstić information content (AvgIpc) is 2.26. The van der Waals surface area contributed by atoms with Gasteiger partial charge in [-0.3, -0.25) is 0 Å². The average molecular weight is 210 g/mol. The van der Waals surface area contributed by atoms with Crippen LogP contribution >= 0.6 is 0 Å². The molecule has 1 saturated heterocycles. The summed E-state index contributed by atoms with van der Waals surface area (Å²) in [5, 5.41) is 0. The molecule has 1 heterocycles. The van der Waals surface area contributed by atoms with E-state index in [1.807, 2.05) is 13.8 Å². The SMILES string of the molecule is CC(C)OCC1OCC2=CCCC=C2O1. The molecular weight excluding hydrogens is 192 g/mol. The zero-order chi connectivity index (χ0) is 10.7. The van der Waals surface area contributed by atoms with Crippen molar-refractivity contribution in [1.29, 1.82) is 0 Å². The summed E-state index contributed by atoms with van der Waals surface area (Å²) in [6, 6.07) is 0. The van der Waals surface area contributed by atoms with E-state index < -0.39 is 0 Å². The lowest BCUT2D eigenvalue weighted by molar-refractivity contribution is -0.168. The first kappa shape index (κ1) is 10.7. The van der Waals surface area contributed by atoms with E-state index in [0.29, 0.717) is 13.2 Å². The van der Waals surface area contributed by atoms with Crippen molar-refractivity contribution >= 4 is 0 Å². The van der Waals surface area contributed by atoms with Gasteiger partial charge in [0.15, 0.2) is 0 Å². The number of rotatable bonds is 3. The predicted octanol–water partition coefficient (Wildman–Crippen LogP) is 2.39. The molecular formula is C12H18O3. The number of fused-ring (bicyclic) bond motifs is 1. The Morgan fingerprint density at radius 3 is 3.00 bits per heavy atom. The largest absolute Gasteiger partial charge is 0.462 e. The van der Waals surface area contributed by atoms with Crippen molar-refractivity contribution in [2.75, 3.05) is 13.2 Å². The fraction of sp³-hybridized carbons (Fsp3) is 0.667. The Hall–Kier alpha value is -0.800. The molecule has 15 heavy (non-hydrogen) atoms. The maximum Gasteiger partial charge on any atom is 0.223 e. The topological polar surface area (TPSA) is 27.7 Å². The van der Waals surface area contributed by atoms with E-state index >= 15 is 0 Å². The van der Waals surface area contributed by atoms with Crippen LogP contribution in [-0.4, -0.2) is 25.6 Å². The van der Waals surface area contributed by atoms with Crippen LogP contribution in [0.5, 0.6) is 0 Å². The lowest BCUT2D eigenvalue weighted by Gasteiger charge is -2.30. The van der Waals surface area contributed by atoms with Crippen LogP contribution in [0.3, 0.4) is 0 Å². The van der Waals surface area contributed by atoms with Gasteiger partial charge in [0, 0.05) is 5.57 Å². The molecule has 2 rings (SSSR count). The number of hydrogen-bond donors (Lipinski definition) is 0. The van der Waals surface area contributed by atoms with Crippen molar-refractivity contribution in [1.82, 2.24) is 0 Å². The molecule has 0 bridgehead atoms. The fourth-order valence-electron chi connectivity index (χ4n) is 1.67. The molecule has 0 aromatic carbocycles. The van der Waals surface area contributed by atoms with Crippen LogP contribution in [0.2, 0.25) is 0 Å². The first-order chi connectivity index (χ1) is 7.25. The van der Waals surface area contributed by atoms with Crippen LogP contribution in [0.1, 0.15) is 26.7 Å². The van der Waals surface area contributed by atoms with Gasteiger partial charge in [0.05, 0.1) is 12.7 Å². The quantitative estimate of drug-likeness (QED) is 0.715. The van der Waals surface area contributed by atoms with Crippen LogP contribution in [0.15, 0.2) is 23.5 Å². The standard InChI is InChI=1S/C12H18O3/c1-9(2)13-8-12-14-7-10-5-3-4-6-11(10)15-12/h5-6,9,12H,3-4,7-8H2,1-2H3. The van der Waals surface area contributed by atoms with Gasteiger partial charge in [0.2, 0.25) is 6.29 Å². The van der Waals surface area contributed by atoms with Gasteiger partial charge in [0.25, 0.3) is 0 Å². The van der Waals surface area contributed by atoms with Gasteiger partial charge in [-0.2, -0.15) is 0 Å². The van der Waals surface area contributed by atoms with Gasteiger partial charge in [0.1, 0.15) is 12.4 Å². The van der Waals surface area contributed by atoms with Crippen LogP contribution in [0.25, 0.3) is 0 Å². The summed E-state index contributed by atoms with van der Waals surface area (Å²) in [6.45, 7) is 5.17. The zero-order valence-electron chi connectivity index (χ0n) is 9.36. The van der Waals surface area contributed by atoms with Crippen molar-refractivity contribution in [3.8, 4) is 0 Å². The molecule has 3 nitrogen and oxygen atoms in total. The van der Waals surface area contributed by atoms with Gasteiger partial charge < -0.3 is 14.2 Å². The highest BCUT2D eigenvalue weighted by Crippen LogP contribution is 2.26. The van der Waals surface area contributed by atoms with Crippen LogP contribution in [0.4, 0.5) is 0 Å². The maximum absolute atomic E-state index is 5.69. The molecule has 3 heteroatoms. The Morgan fingerprint density at radius 1 is 1.40 bits per heavy atom. The van der Waals surface area contributed by atoms with E-state index in [-0.39, 0.29) is 12.4 Å². The number of hydrogen-bond acceptors (Lipinski definition) is 3. The summed E-state index contributed by atoms with van der Waals surface area (Å²) >= 11 is 0. The Bertz CT molecular complexity index is 279. The molecule has 0 saturated carbocycles. The van der Waals surface area contributed by atoms with Crippen LogP contribution < -0.4 is 0 Å². The highest BCUT2D eigenvalue weighted by Gasteiger charge is 2.23. The smallest absolute Gasteiger partial charge is 0.223 e. The van der Waals surface area contributed by atoms with Gasteiger partial charge in [-0.1, -0.05) is 6.08 Å². The maximum atomic E-state index is 5.69. The first-order valence-electron chi connectivity index (χ1n) is 5.55. The second-order valence-corrected chi connectivity index (χ2v) is 4.12. The van der Waals surface area contributed by atoms with Crippen molar-refractivity contribution in [3.05, 3.63) is 23.5 Å². The third kappa shape index (κ3) is 2.83. The van der Waals surface area contributed by atoms with Gasteiger partial charge >= 0.3 is 0 Å². The van der Waals surface area contributed by atoms with E-state index in [9.17, 15) is 0 Å². The molecule has 0 aromatic rings. The molecule has 84 valence electrons. The first-order valence-corrected chi connectivity index (χ1v) is 5.55. The molecule has 0 aromatic heterocycles. The molecule has 1 aliphatic carbocycles. The van der Waals surface area contributed by atoms with Gasteiger partial charge in [-0.05, 0) is 32.8 Å². The lowest BCUT2D eigenvalue weighted by Crippen LogP contribution is -2.31. The highest BCUT2D eigenvalue weighted by molar-refractivity contribution is 5.30. The second-order valence-electron chi connectivity index (χ2n) is 4.12. The Morgan fingerprint density at radius 2 is 2.20 bits per heavy atom. The van der Waals surface area contributed by atoms with E-state index in [1.54, 1.807) is 0 Å². The molecule has 0 N–H and O–H groups in total. The number of allylic oxidation sites excluding steroid dienone is 2. The molecule has 1 fully saturated rings. The normalized spacial score (nSPS) is 25.4. The van der Waals surface area contributed by atoms with Crippen LogP contribution in [-0.2, 0) is 14.2 Å². The van der Waals surface area contributed by atoms with Crippen molar-refractivity contribution < 1.29 is 14.2 Å². The molecule has 2 aliphatic rings. The third-order valence-corrected chi connectivity index (χ3v) is 2.45. The van der Waals surface area contributed by atoms with Crippen molar-refractivity contribution in [2.24, 2.45) is 0 Å². The minimum Gasteiger partial charge on any atom is -0.462 e. The summed E-state index contributed by atoms with van der Waals surface area (Å²) < 4.78 is 16.7.